The molecular weight excluding hydrogens is 283 g/mol. The minimum atomic E-state index is -0.181. The zero-order valence-electron chi connectivity index (χ0n) is 11.0. The molecular formula is C14H20Cl2N2O. The second-order valence-corrected chi connectivity index (χ2v) is 5.59. The van der Waals surface area contributed by atoms with Crippen LogP contribution < -0.4 is 11.1 Å². The summed E-state index contributed by atoms with van der Waals surface area (Å²) in [6.45, 7) is 1.91. The van der Waals surface area contributed by atoms with Crippen LogP contribution in [0.5, 0.6) is 0 Å². The SMILES string of the molecule is CC(N)CCC(=O)NC1(c2cccc(Cl)c2)CC1.Cl. The van der Waals surface area contributed by atoms with Crippen LogP contribution >= 0.6 is 24.0 Å². The normalized spacial score (nSPS) is 17.2. The van der Waals surface area contributed by atoms with Gasteiger partial charge in [-0.2, -0.15) is 0 Å². The van der Waals surface area contributed by atoms with Gasteiger partial charge in [0.25, 0.3) is 0 Å². The molecule has 0 saturated heterocycles. The van der Waals surface area contributed by atoms with Crippen LogP contribution in [0.4, 0.5) is 0 Å². The van der Waals surface area contributed by atoms with Crippen molar-refractivity contribution in [3.05, 3.63) is 34.9 Å². The predicted octanol–water partition coefficient (Wildman–Crippen LogP) is 2.99. The van der Waals surface area contributed by atoms with Crippen LogP contribution in [0.2, 0.25) is 5.02 Å². The van der Waals surface area contributed by atoms with E-state index in [0.29, 0.717) is 11.4 Å². The van der Waals surface area contributed by atoms with E-state index in [1.807, 2.05) is 31.2 Å². The van der Waals surface area contributed by atoms with Crippen LogP contribution in [0.25, 0.3) is 0 Å². The van der Waals surface area contributed by atoms with Crippen molar-refractivity contribution in [2.75, 3.05) is 0 Å². The predicted molar refractivity (Wildman–Crippen MR) is 80.6 cm³/mol. The fourth-order valence-corrected chi connectivity index (χ4v) is 2.28. The Morgan fingerprint density at radius 3 is 2.74 bits per heavy atom. The molecule has 5 heteroatoms. The molecule has 1 saturated carbocycles. The van der Waals surface area contributed by atoms with Crippen LogP contribution in [-0.2, 0) is 10.3 Å². The van der Waals surface area contributed by atoms with Crippen molar-refractivity contribution in [3.8, 4) is 0 Å². The lowest BCUT2D eigenvalue weighted by Gasteiger charge is -2.18. The maximum Gasteiger partial charge on any atom is 0.220 e. The first-order chi connectivity index (χ1) is 8.52. The van der Waals surface area contributed by atoms with Crippen LogP contribution in [0.3, 0.4) is 0 Å². The number of nitrogens with two attached hydrogens (primary N) is 1. The van der Waals surface area contributed by atoms with E-state index in [2.05, 4.69) is 5.32 Å². The van der Waals surface area contributed by atoms with Gasteiger partial charge in [-0.3, -0.25) is 4.79 Å². The Kier molecular flexibility index (Phi) is 5.65. The molecule has 1 amide bonds. The maximum absolute atomic E-state index is 11.9. The average Bonchev–Trinajstić information content (AvgIpc) is 3.07. The summed E-state index contributed by atoms with van der Waals surface area (Å²) in [4.78, 5) is 11.9. The first kappa shape index (κ1) is 16.3. The van der Waals surface area contributed by atoms with E-state index in [-0.39, 0.29) is 29.9 Å². The highest BCUT2D eigenvalue weighted by atomic mass is 35.5. The van der Waals surface area contributed by atoms with Gasteiger partial charge in [-0.15, -0.1) is 12.4 Å². The molecule has 106 valence electrons. The molecule has 0 aliphatic heterocycles. The van der Waals surface area contributed by atoms with E-state index in [4.69, 9.17) is 17.3 Å². The third-order valence-corrected chi connectivity index (χ3v) is 3.57. The molecule has 1 fully saturated rings. The molecule has 19 heavy (non-hydrogen) atoms. The van der Waals surface area contributed by atoms with Crippen LogP contribution in [0.1, 0.15) is 38.2 Å². The van der Waals surface area contributed by atoms with Gasteiger partial charge in [-0.1, -0.05) is 23.7 Å². The molecule has 3 nitrogen and oxygen atoms in total. The summed E-state index contributed by atoms with van der Waals surface area (Å²) in [5.41, 5.74) is 6.57. The van der Waals surface area contributed by atoms with Crippen molar-refractivity contribution >= 4 is 29.9 Å². The minimum absolute atomic E-state index is 0. The van der Waals surface area contributed by atoms with Crippen LogP contribution in [0.15, 0.2) is 24.3 Å². The van der Waals surface area contributed by atoms with E-state index in [1.54, 1.807) is 0 Å². The quantitative estimate of drug-likeness (QED) is 0.878. The largest absolute Gasteiger partial charge is 0.347 e. The van der Waals surface area contributed by atoms with Crippen molar-refractivity contribution in [3.63, 3.8) is 0 Å². The molecule has 1 unspecified atom stereocenters. The lowest BCUT2D eigenvalue weighted by atomic mass is 10.0. The number of benzene rings is 1. The van der Waals surface area contributed by atoms with Crippen molar-refractivity contribution < 1.29 is 4.79 Å². The van der Waals surface area contributed by atoms with Crippen molar-refractivity contribution in [2.45, 2.75) is 44.2 Å². The Balaban J connectivity index is 0.00000180. The fraction of sp³-hybridized carbons (Fsp3) is 0.500. The standard InChI is InChI=1S/C14H19ClN2O.ClH/c1-10(16)5-6-13(18)17-14(7-8-14)11-3-2-4-12(15)9-11;/h2-4,9-10H,5-8,16H2,1H3,(H,17,18);1H. The van der Waals surface area contributed by atoms with E-state index in [1.165, 1.54) is 0 Å². The first-order valence-electron chi connectivity index (χ1n) is 6.34. The molecule has 3 N–H and O–H groups in total. The Labute approximate surface area is 125 Å². The number of carbonyl (C=O) groups is 1. The molecule has 0 bridgehead atoms. The maximum atomic E-state index is 11.9. The molecule has 2 rings (SSSR count). The highest BCUT2D eigenvalue weighted by Gasteiger charge is 2.45. The zero-order valence-corrected chi connectivity index (χ0v) is 12.6. The topological polar surface area (TPSA) is 55.1 Å². The molecule has 1 atom stereocenters. The summed E-state index contributed by atoms with van der Waals surface area (Å²) >= 11 is 5.99. The van der Waals surface area contributed by atoms with Crippen LogP contribution in [0, 0.1) is 0 Å². The number of hydrogen-bond donors (Lipinski definition) is 2. The van der Waals surface area contributed by atoms with Gasteiger partial charge in [0.15, 0.2) is 0 Å². The van der Waals surface area contributed by atoms with Gasteiger partial charge < -0.3 is 11.1 Å². The fourth-order valence-electron chi connectivity index (χ4n) is 2.09. The van der Waals surface area contributed by atoms with Gasteiger partial charge in [-0.05, 0) is 43.9 Å². The Morgan fingerprint density at radius 1 is 1.53 bits per heavy atom. The van der Waals surface area contributed by atoms with Gasteiger partial charge in [0.1, 0.15) is 0 Å². The molecule has 0 spiro atoms. The Hall–Kier alpha value is -0.770. The van der Waals surface area contributed by atoms with Crippen molar-refractivity contribution in [1.29, 1.82) is 0 Å². The second-order valence-electron chi connectivity index (χ2n) is 5.16. The smallest absolute Gasteiger partial charge is 0.220 e. The van der Waals surface area contributed by atoms with Gasteiger partial charge >= 0.3 is 0 Å². The van der Waals surface area contributed by atoms with Crippen molar-refractivity contribution in [1.82, 2.24) is 5.32 Å². The van der Waals surface area contributed by atoms with Gasteiger partial charge in [-0.25, -0.2) is 0 Å². The number of halogens is 2. The lowest BCUT2D eigenvalue weighted by molar-refractivity contribution is -0.122. The highest BCUT2D eigenvalue weighted by molar-refractivity contribution is 6.30. The summed E-state index contributed by atoms with van der Waals surface area (Å²) in [7, 11) is 0. The van der Waals surface area contributed by atoms with Gasteiger partial charge in [0, 0.05) is 17.5 Å². The zero-order chi connectivity index (χ0) is 13.2. The van der Waals surface area contributed by atoms with E-state index in [9.17, 15) is 4.79 Å². The number of nitrogens with one attached hydrogen (secondary N) is 1. The van der Waals surface area contributed by atoms with E-state index < -0.39 is 0 Å². The average molecular weight is 303 g/mol. The first-order valence-corrected chi connectivity index (χ1v) is 6.72. The van der Waals surface area contributed by atoms with Crippen molar-refractivity contribution in [2.24, 2.45) is 5.73 Å². The molecule has 0 aromatic heterocycles. The van der Waals surface area contributed by atoms with E-state index >= 15 is 0 Å². The van der Waals surface area contributed by atoms with Crippen LogP contribution in [-0.4, -0.2) is 11.9 Å². The molecule has 0 heterocycles. The molecule has 1 aromatic rings. The Morgan fingerprint density at radius 2 is 2.21 bits per heavy atom. The summed E-state index contributed by atoms with van der Waals surface area (Å²) in [5.74, 6) is 0.0739. The van der Waals surface area contributed by atoms with Gasteiger partial charge in [0.2, 0.25) is 5.91 Å². The summed E-state index contributed by atoms with van der Waals surface area (Å²) in [6.07, 6.45) is 3.17. The minimum Gasteiger partial charge on any atom is -0.347 e. The highest BCUT2D eigenvalue weighted by Crippen LogP contribution is 2.46. The number of carbonyl (C=O) groups excluding carboxylic acids is 1. The monoisotopic (exact) mass is 302 g/mol. The third kappa shape index (κ3) is 4.37. The molecule has 0 radical (unpaired) electrons. The third-order valence-electron chi connectivity index (χ3n) is 3.33. The number of amides is 1. The lowest BCUT2D eigenvalue weighted by Crippen LogP contribution is -2.35. The molecule has 1 aromatic carbocycles. The second kappa shape index (κ2) is 6.60. The molecule has 1 aliphatic rings. The summed E-state index contributed by atoms with van der Waals surface area (Å²) in [5, 5.41) is 3.82. The number of rotatable bonds is 5. The Bertz CT molecular complexity index is 445. The van der Waals surface area contributed by atoms with Gasteiger partial charge in [0.05, 0.1) is 5.54 Å². The number of hydrogen-bond acceptors (Lipinski definition) is 2. The van der Waals surface area contributed by atoms with E-state index in [0.717, 1.165) is 24.8 Å². The summed E-state index contributed by atoms with van der Waals surface area (Å²) in [6, 6.07) is 7.79. The summed E-state index contributed by atoms with van der Waals surface area (Å²) < 4.78 is 0. The molecule has 1 aliphatic carbocycles.